The summed E-state index contributed by atoms with van der Waals surface area (Å²) in [6, 6.07) is 4.17. The number of aromatic nitrogens is 1. The van der Waals surface area contributed by atoms with Crippen LogP contribution < -0.4 is 5.32 Å². The van der Waals surface area contributed by atoms with Crippen molar-refractivity contribution in [2.75, 3.05) is 26.7 Å². The average Bonchev–Trinajstić information content (AvgIpc) is 2.52. The fourth-order valence-electron chi connectivity index (χ4n) is 3.04. The number of pyridine rings is 1. The van der Waals surface area contributed by atoms with Crippen LogP contribution in [0.15, 0.2) is 24.5 Å². The third-order valence-corrected chi connectivity index (χ3v) is 4.38. The number of nitrogens with zero attached hydrogens (tertiary/aromatic N) is 3. The van der Waals surface area contributed by atoms with Gasteiger partial charge >= 0.3 is 6.03 Å². The second kappa shape index (κ2) is 7.41. The lowest BCUT2D eigenvalue weighted by Crippen LogP contribution is -2.52. The van der Waals surface area contributed by atoms with Crippen LogP contribution >= 0.6 is 0 Å². The molecule has 2 atom stereocenters. The largest absolute Gasteiger partial charge is 0.334 e. The van der Waals surface area contributed by atoms with E-state index in [0.29, 0.717) is 18.5 Å². The first-order valence-electron chi connectivity index (χ1n) is 7.73. The molecule has 5 heteroatoms. The van der Waals surface area contributed by atoms with Gasteiger partial charge in [0, 0.05) is 45.1 Å². The minimum Gasteiger partial charge on any atom is -0.334 e. The van der Waals surface area contributed by atoms with Crippen LogP contribution in [0.2, 0.25) is 0 Å². The lowest BCUT2D eigenvalue weighted by molar-refractivity contribution is 0.0962. The zero-order valence-corrected chi connectivity index (χ0v) is 13.2. The number of rotatable bonds is 4. The Labute approximate surface area is 127 Å². The Morgan fingerprint density at radius 1 is 1.57 bits per heavy atom. The predicted octanol–water partition coefficient (Wildman–Crippen LogP) is 1.95. The Morgan fingerprint density at radius 2 is 2.38 bits per heavy atom. The summed E-state index contributed by atoms with van der Waals surface area (Å²) in [5.41, 5.74) is 1.02. The van der Waals surface area contributed by atoms with Gasteiger partial charge in [-0.1, -0.05) is 19.9 Å². The Hall–Kier alpha value is -1.62. The van der Waals surface area contributed by atoms with Crippen molar-refractivity contribution in [3.05, 3.63) is 30.1 Å². The van der Waals surface area contributed by atoms with Crippen molar-refractivity contribution >= 4 is 6.03 Å². The SMILES string of the molecule is CCN1CC[C@@H](N(C)C(=O)NCc2cccnc2)[C@H](C)C1. The van der Waals surface area contributed by atoms with Crippen molar-refractivity contribution < 1.29 is 4.79 Å². The maximum Gasteiger partial charge on any atom is 0.317 e. The number of carbonyl (C=O) groups excluding carboxylic acids is 1. The Bertz CT molecular complexity index is 451. The van der Waals surface area contributed by atoms with E-state index in [1.54, 1.807) is 12.4 Å². The third kappa shape index (κ3) is 4.17. The standard InChI is InChI=1S/C16H26N4O/c1-4-20-9-7-15(13(2)12-20)19(3)16(21)18-11-14-6-5-8-17-10-14/h5-6,8,10,13,15H,4,7,9,11-12H2,1-3H3,(H,18,21)/t13-,15-/m1/s1. The van der Waals surface area contributed by atoms with E-state index < -0.39 is 0 Å². The first-order valence-corrected chi connectivity index (χ1v) is 7.73. The summed E-state index contributed by atoms with van der Waals surface area (Å²) in [7, 11) is 1.90. The highest BCUT2D eigenvalue weighted by Crippen LogP contribution is 2.21. The molecule has 0 saturated carbocycles. The molecule has 0 radical (unpaired) electrons. The molecule has 0 bridgehead atoms. The van der Waals surface area contributed by atoms with Crippen molar-refractivity contribution in [3.63, 3.8) is 0 Å². The molecule has 1 aliphatic heterocycles. The molecule has 2 amide bonds. The maximum atomic E-state index is 12.3. The summed E-state index contributed by atoms with van der Waals surface area (Å²) >= 11 is 0. The summed E-state index contributed by atoms with van der Waals surface area (Å²) in [5, 5.41) is 2.98. The van der Waals surface area contributed by atoms with Crippen molar-refractivity contribution in [2.24, 2.45) is 5.92 Å². The van der Waals surface area contributed by atoms with E-state index in [2.05, 4.69) is 29.0 Å². The molecule has 1 N–H and O–H groups in total. The number of nitrogens with one attached hydrogen (secondary N) is 1. The van der Waals surface area contributed by atoms with E-state index in [1.807, 2.05) is 24.1 Å². The number of hydrogen-bond donors (Lipinski definition) is 1. The fraction of sp³-hybridized carbons (Fsp3) is 0.625. The summed E-state index contributed by atoms with van der Waals surface area (Å²) in [6.07, 6.45) is 4.56. The van der Waals surface area contributed by atoms with Gasteiger partial charge in [-0.05, 0) is 30.5 Å². The molecule has 0 spiro atoms. The van der Waals surface area contributed by atoms with Gasteiger partial charge in [0.15, 0.2) is 0 Å². The molecule has 1 aliphatic rings. The van der Waals surface area contributed by atoms with Crippen molar-refractivity contribution in [1.29, 1.82) is 0 Å². The lowest BCUT2D eigenvalue weighted by Gasteiger charge is -2.40. The molecule has 1 aromatic heterocycles. The number of piperidine rings is 1. The summed E-state index contributed by atoms with van der Waals surface area (Å²) in [4.78, 5) is 20.7. The van der Waals surface area contributed by atoms with E-state index in [0.717, 1.165) is 31.6 Å². The Balaban J connectivity index is 1.84. The molecule has 2 rings (SSSR count). The lowest BCUT2D eigenvalue weighted by atomic mass is 9.93. The van der Waals surface area contributed by atoms with Crippen LogP contribution in [0.1, 0.15) is 25.8 Å². The van der Waals surface area contributed by atoms with E-state index in [4.69, 9.17) is 0 Å². The van der Waals surface area contributed by atoms with Gasteiger partial charge in [0.25, 0.3) is 0 Å². The summed E-state index contributed by atoms with van der Waals surface area (Å²) in [5.74, 6) is 0.507. The van der Waals surface area contributed by atoms with Gasteiger partial charge in [-0.25, -0.2) is 4.79 Å². The molecule has 2 heterocycles. The van der Waals surface area contributed by atoms with Gasteiger partial charge in [-0.15, -0.1) is 0 Å². The minimum absolute atomic E-state index is 0.000603. The topological polar surface area (TPSA) is 48.5 Å². The van der Waals surface area contributed by atoms with Gasteiger partial charge in [-0.2, -0.15) is 0 Å². The minimum atomic E-state index is 0.000603. The molecular weight excluding hydrogens is 264 g/mol. The highest BCUT2D eigenvalue weighted by molar-refractivity contribution is 5.74. The number of likely N-dealkylation sites (tertiary alicyclic amines) is 1. The highest BCUT2D eigenvalue weighted by atomic mass is 16.2. The van der Waals surface area contributed by atoms with Crippen molar-refractivity contribution in [1.82, 2.24) is 20.1 Å². The van der Waals surface area contributed by atoms with Gasteiger partial charge in [0.1, 0.15) is 0 Å². The van der Waals surface area contributed by atoms with Crippen LogP contribution in [-0.2, 0) is 6.54 Å². The zero-order valence-electron chi connectivity index (χ0n) is 13.2. The van der Waals surface area contributed by atoms with Crippen LogP contribution in [0.4, 0.5) is 4.79 Å². The molecule has 1 saturated heterocycles. The first-order chi connectivity index (χ1) is 10.1. The normalized spacial score (nSPS) is 22.8. The van der Waals surface area contributed by atoms with E-state index in [9.17, 15) is 4.79 Å². The van der Waals surface area contributed by atoms with Crippen LogP contribution in [-0.4, -0.2) is 53.5 Å². The molecule has 0 unspecified atom stereocenters. The molecule has 1 aromatic rings. The predicted molar refractivity (Wildman–Crippen MR) is 83.9 cm³/mol. The molecule has 0 aliphatic carbocycles. The van der Waals surface area contributed by atoms with Crippen LogP contribution in [0.5, 0.6) is 0 Å². The van der Waals surface area contributed by atoms with Gasteiger partial charge in [0.2, 0.25) is 0 Å². The monoisotopic (exact) mass is 290 g/mol. The smallest absolute Gasteiger partial charge is 0.317 e. The van der Waals surface area contributed by atoms with Gasteiger partial charge in [-0.3, -0.25) is 4.98 Å². The second-order valence-electron chi connectivity index (χ2n) is 5.86. The maximum absolute atomic E-state index is 12.3. The third-order valence-electron chi connectivity index (χ3n) is 4.38. The molecule has 1 fully saturated rings. The van der Waals surface area contributed by atoms with Crippen LogP contribution in [0.3, 0.4) is 0 Å². The average molecular weight is 290 g/mol. The molecule has 5 nitrogen and oxygen atoms in total. The summed E-state index contributed by atoms with van der Waals surface area (Å²) < 4.78 is 0. The number of hydrogen-bond acceptors (Lipinski definition) is 3. The van der Waals surface area contributed by atoms with Crippen LogP contribution in [0, 0.1) is 5.92 Å². The number of carbonyl (C=O) groups is 1. The van der Waals surface area contributed by atoms with Crippen molar-refractivity contribution in [3.8, 4) is 0 Å². The molecular formula is C16H26N4O. The van der Waals surface area contributed by atoms with Crippen LogP contribution in [0.25, 0.3) is 0 Å². The molecule has 21 heavy (non-hydrogen) atoms. The fourth-order valence-corrected chi connectivity index (χ4v) is 3.04. The molecule has 0 aromatic carbocycles. The Kier molecular flexibility index (Phi) is 5.56. The number of urea groups is 1. The molecule has 116 valence electrons. The van der Waals surface area contributed by atoms with E-state index in [1.165, 1.54) is 0 Å². The highest BCUT2D eigenvalue weighted by Gasteiger charge is 2.30. The zero-order chi connectivity index (χ0) is 15.2. The van der Waals surface area contributed by atoms with E-state index >= 15 is 0 Å². The Morgan fingerprint density at radius 3 is 3.00 bits per heavy atom. The first kappa shape index (κ1) is 15.8. The van der Waals surface area contributed by atoms with Gasteiger partial charge < -0.3 is 15.1 Å². The van der Waals surface area contributed by atoms with Gasteiger partial charge in [0.05, 0.1) is 0 Å². The summed E-state index contributed by atoms with van der Waals surface area (Å²) in [6.45, 7) is 8.19. The number of amides is 2. The van der Waals surface area contributed by atoms with E-state index in [-0.39, 0.29) is 6.03 Å². The van der Waals surface area contributed by atoms with Crippen molar-refractivity contribution in [2.45, 2.75) is 32.9 Å². The second-order valence-corrected chi connectivity index (χ2v) is 5.86. The quantitative estimate of drug-likeness (QED) is 0.922.